The summed E-state index contributed by atoms with van der Waals surface area (Å²) in [6, 6.07) is 63.6. The van der Waals surface area contributed by atoms with Crippen molar-refractivity contribution in [3.8, 4) is 62.1 Å². The number of hydrogen-bond donors (Lipinski definition) is 0. The Bertz CT molecular complexity index is 2960. The molecule has 0 aliphatic rings. The minimum Gasteiger partial charge on any atom is -0.458 e. The zero-order valence-corrected chi connectivity index (χ0v) is 31.5. The van der Waals surface area contributed by atoms with Gasteiger partial charge in [-0.2, -0.15) is 0 Å². The first-order valence-electron chi connectivity index (χ1n) is 19.3. The molecule has 0 aliphatic carbocycles. The molecule has 0 radical (unpaired) electrons. The fourth-order valence-electron chi connectivity index (χ4n) is 7.85. The number of hydrogen-bond acceptors (Lipinski definition) is 2. The van der Waals surface area contributed by atoms with Crippen LogP contribution in [0.2, 0.25) is 0 Å². The van der Waals surface area contributed by atoms with E-state index in [1.165, 1.54) is 22.1 Å². The van der Waals surface area contributed by atoms with Gasteiger partial charge in [-0.15, -0.1) is 0 Å². The van der Waals surface area contributed by atoms with Gasteiger partial charge in [-0.25, -0.2) is 4.98 Å². The summed E-state index contributed by atoms with van der Waals surface area (Å²) < 4.78 is 13.0. The average Bonchev–Trinajstić information content (AvgIpc) is 3.90. The molecule has 0 unspecified atom stereocenters. The van der Waals surface area contributed by atoms with E-state index in [0.717, 1.165) is 73.8 Å². The molecule has 0 atom stereocenters. The third-order valence-corrected chi connectivity index (χ3v) is 10.7. The van der Waals surface area contributed by atoms with Gasteiger partial charge in [-0.1, -0.05) is 128 Å². The molecule has 272 valence electrons. The summed E-state index contributed by atoms with van der Waals surface area (Å²) in [7, 11) is 0. The number of para-hydroxylation sites is 1. The minimum absolute atomic E-state index is 0.732. The Morgan fingerprint density at radius 3 is 1.96 bits per heavy atom. The van der Waals surface area contributed by atoms with E-state index in [9.17, 15) is 0 Å². The van der Waals surface area contributed by atoms with E-state index < -0.39 is 0 Å². The zero-order valence-electron chi connectivity index (χ0n) is 31.5. The maximum atomic E-state index is 6.65. The highest BCUT2D eigenvalue weighted by molar-refractivity contribution is 6.10. The van der Waals surface area contributed by atoms with Crippen LogP contribution in [0.4, 0.5) is 0 Å². The maximum Gasteiger partial charge on any atom is 0.268 e. The van der Waals surface area contributed by atoms with Gasteiger partial charge in [-0.05, 0) is 100.0 Å². The highest BCUT2D eigenvalue weighted by Gasteiger charge is 2.18. The number of aromatic nitrogens is 4. The lowest BCUT2D eigenvalue weighted by molar-refractivity contribution is -0.598. The van der Waals surface area contributed by atoms with Crippen molar-refractivity contribution in [2.45, 2.75) is 13.3 Å². The lowest BCUT2D eigenvalue weighted by Crippen LogP contribution is -2.30. The molecule has 5 nitrogen and oxygen atoms in total. The van der Waals surface area contributed by atoms with E-state index in [1.54, 1.807) is 0 Å². The maximum absolute atomic E-state index is 6.65. The summed E-state index contributed by atoms with van der Waals surface area (Å²) >= 11 is 0. The Morgan fingerprint density at radius 1 is 0.561 bits per heavy atom. The van der Waals surface area contributed by atoms with Gasteiger partial charge in [0, 0.05) is 35.4 Å². The molecule has 0 fully saturated rings. The molecule has 3 heterocycles. The van der Waals surface area contributed by atoms with Crippen LogP contribution in [-0.2, 0) is 6.42 Å². The van der Waals surface area contributed by atoms with Crippen LogP contribution in [0.25, 0.3) is 72.4 Å². The van der Waals surface area contributed by atoms with Crippen molar-refractivity contribution in [3.63, 3.8) is 0 Å². The molecule has 3 aromatic heterocycles. The van der Waals surface area contributed by atoms with Gasteiger partial charge in [0.1, 0.15) is 17.3 Å². The molecule has 0 spiro atoms. The van der Waals surface area contributed by atoms with Crippen LogP contribution in [0.1, 0.15) is 12.5 Å². The van der Waals surface area contributed by atoms with E-state index in [1.807, 2.05) is 29.1 Å². The standard InChI is InChI=1S/C52H38N4O/c1-2-37-28-29-53-51(32-37)56-49-27-24-41(38-14-6-3-7-15-38)33-48(49)47-26-25-44(35-50(47)56)57-43-21-12-20-42(34-43)54-30-31-55(36-54)52-45(39-16-8-4-9-17-39)22-13-23-46(52)40-18-10-5-11-19-40/h3-35H,2H2,1H3. The molecule has 0 amide bonds. The lowest BCUT2D eigenvalue weighted by Gasteiger charge is -2.16. The van der Waals surface area contributed by atoms with Crippen LogP contribution in [0.5, 0.6) is 11.5 Å². The molecular weight excluding hydrogens is 697 g/mol. The highest BCUT2D eigenvalue weighted by Crippen LogP contribution is 2.38. The van der Waals surface area contributed by atoms with Crippen LogP contribution in [-0.4, -0.2) is 14.1 Å². The molecule has 0 saturated heterocycles. The van der Waals surface area contributed by atoms with Gasteiger partial charge in [0.25, 0.3) is 6.33 Å². The largest absolute Gasteiger partial charge is 0.458 e. The van der Waals surface area contributed by atoms with E-state index in [0.29, 0.717) is 0 Å². The predicted octanol–water partition coefficient (Wildman–Crippen LogP) is 12.4. The van der Waals surface area contributed by atoms with Gasteiger partial charge >= 0.3 is 0 Å². The van der Waals surface area contributed by atoms with Crippen LogP contribution >= 0.6 is 0 Å². The fraction of sp³-hybridized carbons (Fsp3) is 0.0385. The number of pyridine rings is 1. The second-order valence-electron chi connectivity index (χ2n) is 14.2. The van der Waals surface area contributed by atoms with Gasteiger partial charge in [-0.3, -0.25) is 13.7 Å². The number of aryl methyl sites for hydroxylation is 1. The molecule has 0 aliphatic heterocycles. The number of fused-ring (bicyclic) bond motifs is 3. The van der Waals surface area contributed by atoms with Crippen molar-refractivity contribution in [1.29, 1.82) is 0 Å². The summed E-state index contributed by atoms with van der Waals surface area (Å²) in [5, 5.41) is 2.31. The van der Waals surface area contributed by atoms with Crippen molar-refractivity contribution in [2.24, 2.45) is 0 Å². The lowest BCUT2D eigenvalue weighted by atomic mass is 9.96. The van der Waals surface area contributed by atoms with Crippen molar-refractivity contribution in [2.75, 3.05) is 0 Å². The van der Waals surface area contributed by atoms with Gasteiger partial charge in [0.2, 0.25) is 0 Å². The second-order valence-corrected chi connectivity index (χ2v) is 14.2. The normalized spacial score (nSPS) is 11.3. The Hall–Kier alpha value is -7.50. The molecule has 10 aromatic rings. The summed E-state index contributed by atoms with van der Waals surface area (Å²) in [5.74, 6) is 2.37. The van der Waals surface area contributed by atoms with Gasteiger partial charge in [0.15, 0.2) is 0 Å². The molecule has 0 saturated carbocycles. The SMILES string of the molecule is CCc1ccnc(-n2c3ccc(-c4ccccc4)cc3c3ccc(Oc4cccc(-n5[c-][n+](-c6c(-c7ccccc7)cccc6-c6ccccc6)cc5)c4)cc32)c1. The summed E-state index contributed by atoms with van der Waals surface area (Å²) in [6.45, 7) is 2.17. The highest BCUT2D eigenvalue weighted by atomic mass is 16.5. The first kappa shape index (κ1) is 34.0. The Morgan fingerprint density at radius 2 is 1.25 bits per heavy atom. The molecule has 5 heteroatoms. The van der Waals surface area contributed by atoms with Crippen molar-refractivity contribution in [1.82, 2.24) is 14.1 Å². The Kier molecular flexibility index (Phi) is 8.73. The van der Waals surface area contributed by atoms with Crippen LogP contribution in [0, 0.1) is 6.33 Å². The summed E-state index contributed by atoms with van der Waals surface area (Å²) in [6.07, 6.45) is 10.6. The number of benzene rings is 7. The first-order chi connectivity index (χ1) is 28.2. The third-order valence-electron chi connectivity index (χ3n) is 10.7. The van der Waals surface area contributed by atoms with Crippen LogP contribution in [0.15, 0.2) is 201 Å². The molecule has 57 heavy (non-hydrogen) atoms. The molecule has 10 rings (SSSR count). The molecule has 0 N–H and O–H groups in total. The average molecular weight is 735 g/mol. The smallest absolute Gasteiger partial charge is 0.268 e. The van der Waals surface area contributed by atoms with E-state index >= 15 is 0 Å². The molecule has 0 bridgehead atoms. The number of imidazole rings is 1. The molecule has 7 aromatic carbocycles. The van der Waals surface area contributed by atoms with E-state index in [2.05, 4.69) is 198 Å². The first-order valence-corrected chi connectivity index (χ1v) is 19.3. The topological polar surface area (TPSA) is 35.9 Å². The summed E-state index contributed by atoms with van der Waals surface area (Å²) in [4.78, 5) is 4.85. The van der Waals surface area contributed by atoms with Gasteiger partial charge in [0.05, 0.1) is 22.4 Å². The predicted molar refractivity (Wildman–Crippen MR) is 230 cm³/mol. The van der Waals surface area contributed by atoms with Crippen LogP contribution < -0.4 is 9.30 Å². The second kappa shape index (κ2) is 14.6. The van der Waals surface area contributed by atoms with Crippen LogP contribution in [0.3, 0.4) is 0 Å². The number of ether oxygens (including phenoxy) is 1. The number of nitrogens with zero attached hydrogens (tertiary/aromatic N) is 4. The van der Waals surface area contributed by atoms with Gasteiger partial charge < -0.3 is 4.74 Å². The van der Waals surface area contributed by atoms with E-state index in [-0.39, 0.29) is 0 Å². The quantitative estimate of drug-likeness (QED) is 0.109. The Labute approximate surface area is 332 Å². The van der Waals surface area contributed by atoms with Crippen molar-refractivity contribution >= 4 is 21.8 Å². The van der Waals surface area contributed by atoms with Crippen molar-refractivity contribution < 1.29 is 9.30 Å². The van der Waals surface area contributed by atoms with Crippen molar-refractivity contribution in [3.05, 3.63) is 212 Å². The minimum atomic E-state index is 0.732. The monoisotopic (exact) mass is 734 g/mol. The van der Waals surface area contributed by atoms with E-state index in [4.69, 9.17) is 9.72 Å². The summed E-state index contributed by atoms with van der Waals surface area (Å²) in [5.41, 5.74) is 12.3. The third kappa shape index (κ3) is 6.45. The fourth-order valence-corrected chi connectivity index (χ4v) is 7.85. The number of rotatable bonds is 9. The Balaban J connectivity index is 1.03. The zero-order chi connectivity index (χ0) is 38.1. The molecular formula is C52H38N4O.